The number of hydrogen-bond donors (Lipinski definition) is 1. The van der Waals surface area contributed by atoms with Gasteiger partial charge >= 0.3 is 0 Å². The minimum atomic E-state index is -0.751. The van der Waals surface area contributed by atoms with E-state index in [-0.39, 0.29) is 17.5 Å². The van der Waals surface area contributed by atoms with E-state index >= 15 is 0 Å². The Morgan fingerprint density at radius 2 is 1.95 bits per heavy atom. The third kappa shape index (κ3) is 3.36. The lowest BCUT2D eigenvalue weighted by atomic mass is 10.2. The topological polar surface area (TPSA) is 51.0 Å². The summed E-state index contributed by atoms with van der Waals surface area (Å²) in [7, 11) is 0. The van der Waals surface area contributed by atoms with Gasteiger partial charge < -0.3 is 9.84 Å². The van der Waals surface area contributed by atoms with Crippen LogP contribution in [0.15, 0.2) is 21.1 Å². The minimum absolute atomic E-state index is 0.164. The van der Waals surface area contributed by atoms with E-state index in [9.17, 15) is 8.78 Å². The molecule has 0 aliphatic heterocycles. The van der Waals surface area contributed by atoms with E-state index in [0.29, 0.717) is 16.8 Å². The van der Waals surface area contributed by atoms with Gasteiger partial charge in [0.05, 0.1) is 6.54 Å². The maximum absolute atomic E-state index is 13.7. The summed E-state index contributed by atoms with van der Waals surface area (Å²) in [5.41, 5.74) is -0.313. The van der Waals surface area contributed by atoms with Crippen LogP contribution in [0.3, 0.4) is 0 Å². The molecule has 7 heteroatoms. The molecule has 0 bridgehead atoms. The van der Waals surface area contributed by atoms with Gasteiger partial charge in [-0.15, -0.1) is 0 Å². The highest BCUT2D eigenvalue weighted by molar-refractivity contribution is 9.10. The molecule has 0 unspecified atom stereocenters. The summed E-state index contributed by atoms with van der Waals surface area (Å²) in [6.07, 6.45) is 0. The molecule has 1 aromatic carbocycles. The molecule has 0 saturated heterocycles. The fourth-order valence-electron chi connectivity index (χ4n) is 1.47. The second-order valence-electron chi connectivity index (χ2n) is 4.30. The maximum Gasteiger partial charge on any atom is 0.263 e. The molecule has 0 aliphatic carbocycles. The van der Waals surface area contributed by atoms with Gasteiger partial charge in [-0.1, -0.05) is 34.9 Å². The van der Waals surface area contributed by atoms with E-state index in [2.05, 4.69) is 31.4 Å². The van der Waals surface area contributed by atoms with Crippen LogP contribution in [-0.4, -0.2) is 16.2 Å². The highest BCUT2D eigenvalue weighted by Gasteiger charge is 2.19. The standard InChI is InChI=1S/C12H12BrF2N3O/c1-6(2)16-5-10-17-12(19-18-10)11-8(14)3-7(13)4-9(11)15/h3-4,6,16H,5H2,1-2H3. The van der Waals surface area contributed by atoms with Crippen LogP contribution in [-0.2, 0) is 6.54 Å². The zero-order chi connectivity index (χ0) is 14.0. The normalized spacial score (nSPS) is 11.3. The number of hydrogen-bond acceptors (Lipinski definition) is 4. The molecule has 0 spiro atoms. The molecular weight excluding hydrogens is 320 g/mol. The Hall–Kier alpha value is -1.34. The predicted molar refractivity (Wildman–Crippen MR) is 69.3 cm³/mol. The number of aromatic nitrogens is 2. The van der Waals surface area contributed by atoms with Crippen LogP contribution in [0, 0.1) is 11.6 Å². The SMILES string of the molecule is CC(C)NCc1noc(-c2c(F)cc(Br)cc2F)n1. The fourth-order valence-corrected chi connectivity index (χ4v) is 1.87. The lowest BCUT2D eigenvalue weighted by Gasteiger charge is -2.03. The number of benzene rings is 1. The third-order valence-electron chi connectivity index (χ3n) is 2.36. The van der Waals surface area contributed by atoms with E-state index < -0.39 is 11.6 Å². The molecule has 0 amide bonds. The fraction of sp³-hybridized carbons (Fsp3) is 0.333. The molecule has 1 aromatic heterocycles. The van der Waals surface area contributed by atoms with Crippen LogP contribution >= 0.6 is 15.9 Å². The van der Waals surface area contributed by atoms with Crippen LogP contribution in [0.2, 0.25) is 0 Å². The second kappa shape index (κ2) is 5.75. The molecule has 0 aliphatic rings. The first-order valence-corrected chi connectivity index (χ1v) is 6.47. The van der Waals surface area contributed by atoms with Crippen molar-refractivity contribution in [3.8, 4) is 11.5 Å². The van der Waals surface area contributed by atoms with E-state index in [4.69, 9.17) is 4.52 Å². The summed E-state index contributed by atoms with van der Waals surface area (Å²) >= 11 is 3.01. The minimum Gasteiger partial charge on any atom is -0.334 e. The summed E-state index contributed by atoms with van der Waals surface area (Å²) in [6, 6.07) is 2.55. The van der Waals surface area contributed by atoms with Gasteiger partial charge in [0.25, 0.3) is 5.89 Å². The van der Waals surface area contributed by atoms with Gasteiger partial charge in [-0.3, -0.25) is 0 Å². The summed E-state index contributed by atoms with van der Waals surface area (Å²) < 4.78 is 32.6. The Balaban J connectivity index is 2.28. The lowest BCUT2D eigenvalue weighted by molar-refractivity contribution is 0.412. The van der Waals surface area contributed by atoms with Crippen molar-refractivity contribution < 1.29 is 13.3 Å². The molecule has 19 heavy (non-hydrogen) atoms. The molecule has 0 atom stereocenters. The van der Waals surface area contributed by atoms with E-state index in [1.165, 1.54) is 0 Å². The molecule has 0 fully saturated rings. The Kier molecular flexibility index (Phi) is 4.26. The molecule has 0 saturated carbocycles. The molecule has 4 nitrogen and oxygen atoms in total. The lowest BCUT2D eigenvalue weighted by Crippen LogP contribution is -2.22. The molecule has 1 N–H and O–H groups in total. The van der Waals surface area contributed by atoms with Crippen molar-refractivity contribution in [3.63, 3.8) is 0 Å². The van der Waals surface area contributed by atoms with Crippen LogP contribution in [0.4, 0.5) is 8.78 Å². The van der Waals surface area contributed by atoms with Crippen LogP contribution in [0.5, 0.6) is 0 Å². The van der Waals surface area contributed by atoms with Crippen LogP contribution in [0.1, 0.15) is 19.7 Å². The van der Waals surface area contributed by atoms with E-state index in [1.54, 1.807) is 0 Å². The monoisotopic (exact) mass is 331 g/mol. The maximum atomic E-state index is 13.7. The number of nitrogens with one attached hydrogen (secondary N) is 1. The smallest absolute Gasteiger partial charge is 0.263 e. The zero-order valence-electron chi connectivity index (χ0n) is 10.4. The van der Waals surface area contributed by atoms with Crippen molar-refractivity contribution in [3.05, 3.63) is 34.1 Å². The van der Waals surface area contributed by atoms with E-state index in [0.717, 1.165) is 12.1 Å². The van der Waals surface area contributed by atoms with Crippen molar-refractivity contribution in [2.24, 2.45) is 0 Å². The highest BCUT2D eigenvalue weighted by Crippen LogP contribution is 2.27. The van der Waals surface area contributed by atoms with Crippen molar-refractivity contribution >= 4 is 15.9 Å². The van der Waals surface area contributed by atoms with Crippen molar-refractivity contribution in [2.75, 3.05) is 0 Å². The number of rotatable bonds is 4. The molecular formula is C12H12BrF2N3O. The van der Waals surface area contributed by atoms with Gasteiger partial charge in [-0.25, -0.2) is 8.78 Å². The second-order valence-corrected chi connectivity index (χ2v) is 5.21. The molecule has 2 rings (SSSR count). The van der Waals surface area contributed by atoms with Crippen molar-refractivity contribution in [2.45, 2.75) is 26.4 Å². The summed E-state index contributed by atoms with van der Waals surface area (Å²) in [6.45, 7) is 4.31. The first-order valence-electron chi connectivity index (χ1n) is 5.68. The first kappa shape index (κ1) is 14.1. The number of halogens is 3. The zero-order valence-corrected chi connectivity index (χ0v) is 12.0. The third-order valence-corrected chi connectivity index (χ3v) is 2.82. The van der Waals surface area contributed by atoms with Gasteiger partial charge in [0.2, 0.25) is 0 Å². The predicted octanol–water partition coefficient (Wildman–Crippen LogP) is 3.28. The summed E-state index contributed by atoms with van der Waals surface area (Å²) in [5, 5.41) is 6.76. The van der Waals surface area contributed by atoms with E-state index in [1.807, 2.05) is 13.8 Å². The molecule has 1 heterocycles. The highest BCUT2D eigenvalue weighted by atomic mass is 79.9. The summed E-state index contributed by atoms with van der Waals surface area (Å²) in [5.74, 6) is -1.31. The summed E-state index contributed by atoms with van der Waals surface area (Å²) in [4.78, 5) is 3.97. The van der Waals surface area contributed by atoms with Gasteiger partial charge in [-0.2, -0.15) is 4.98 Å². The quantitative estimate of drug-likeness (QED) is 0.934. The Bertz CT molecular complexity index is 563. The first-order chi connectivity index (χ1) is 8.97. The van der Waals surface area contributed by atoms with Gasteiger partial charge in [0.1, 0.15) is 17.2 Å². The van der Waals surface area contributed by atoms with Gasteiger partial charge in [0.15, 0.2) is 5.82 Å². The van der Waals surface area contributed by atoms with Crippen LogP contribution in [0.25, 0.3) is 11.5 Å². The largest absolute Gasteiger partial charge is 0.334 e. The van der Waals surface area contributed by atoms with Crippen molar-refractivity contribution in [1.82, 2.24) is 15.5 Å². The number of nitrogens with zero attached hydrogens (tertiary/aromatic N) is 2. The van der Waals surface area contributed by atoms with Crippen molar-refractivity contribution in [1.29, 1.82) is 0 Å². The van der Waals surface area contributed by atoms with Crippen LogP contribution < -0.4 is 5.32 Å². The average Bonchev–Trinajstić information content (AvgIpc) is 2.73. The molecule has 2 aromatic rings. The molecule has 0 radical (unpaired) electrons. The Morgan fingerprint density at radius 3 is 2.53 bits per heavy atom. The Labute approximate surface area is 117 Å². The van der Waals surface area contributed by atoms with Gasteiger partial charge in [0, 0.05) is 10.5 Å². The Morgan fingerprint density at radius 1 is 1.32 bits per heavy atom. The molecule has 102 valence electrons. The average molecular weight is 332 g/mol. The van der Waals surface area contributed by atoms with Gasteiger partial charge in [-0.05, 0) is 12.1 Å².